The fourth-order valence-corrected chi connectivity index (χ4v) is 4.25. The van der Waals surface area contributed by atoms with Crippen LogP contribution in [0.5, 0.6) is 17.2 Å². The zero-order valence-electron chi connectivity index (χ0n) is 17.0. The Hall–Kier alpha value is -3.71. The SMILES string of the molecule is O=C1SC(=Cc2ccc(OCc3ccc4c(c3)OCO4)cc2)C(=O)N1Cc1ccccc1. The van der Waals surface area contributed by atoms with Crippen LogP contribution in [0.25, 0.3) is 6.08 Å². The third kappa shape index (κ3) is 4.33. The van der Waals surface area contributed by atoms with E-state index in [0.29, 0.717) is 17.3 Å². The molecule has 0 radical (unpaired) electrons. The summed E-state index contributed by atoms with van der Waals surface area (Å²) in [6.45, 7) is 0.914. The van der Waals surface area contributed by atoms with Crippen molar-refractivity contribution in [2.75, 3.05) is 6.79 Å². The lowest BCUT2D eigenvalue weighted by molar-refractivity contribution is -0.123. The molecule has 1 saturated heterocycles. The standard InChI is InChI=1S/C25H19NO5S/c27-24-23(32-25(28)26(24)14-18-4-2-1-3-5-18)13-17-6-9-20(10-7-17)29-15-19-8-11-21-22(12-19)31-16-30-21/h1-13H,14-16H2. The summed E-state index contributed by atoms with van der Waals surface area (Å²) in [7, 11) is 0. The summed E-state index contributed by atoms with van der Waals surface area (Å²) in [5, 5.41) is -0.256. The summed E-state index contributed by atoms with van der Waals surface area (Å²) < 4.78 is 16.5. The van der Waals surface area contributed by atoms with Gasteiger partial charge in [0.1, 0.15) is 12.4 Å². The molecule has 0 aliphatic carbocycles. The molecule has 2 amide bonds. The lowest BCUT2D eigenvalue weighted by Gasteiger charge is -2.12. The summed E-state index contributed by atoms with van der Waals surface area (Å²) in [6.07, 6.45) is 1.73. The fourth-order valence-electron chi connectivity index (χ4n) is 3.41. The molecule has 2 aliphatic heterocycles. The number of hydrogen-bond acceptors (Lipinski definition) is 6. The lowest BCUT2D eigenvalue weighted by Crippen LogP contribution is -2.27. The molecule has 0 aromatic heterocycles. The van der Waals surface area contributed by atoms with Crippen molar-refractivity contribution in [3.05, 3.63) is 94.4 Å². The van der Waals surface area contributed by atoms with Gasteiger partial charge in [0.2, 0.25) is 6.79 Å². The van der Waals surface area contributed by atoms with E-state index in [2.05, 4.69) is 0 Å². The van der Waals surface area contributed by atoms with E-state index in [9.17, 15) is 9.59 Å². The zero-order chi connectivity index (χ0) is 21.9. The van der Waals surface area contributed by atoms with Crippen molar-refractivity contribution in [1.82, 2.24) is 4.90 Å². The maximum atomic E-state index is 12.7. The van der Waals surface area contributed by atoms with Crippen LogP contribution in [0.3, 0.4) is 0 Å². The van der Waals surface area contributed by atoms with Gasteiger partial charge in [-0.25, -0.2) is 0 Å². The second kappa shape index (κ2) is 8.80. The van der Waals surface area contributed by atoms with Crippen LogP contribution in [0.4, 0.5) is 4.79 Å². The normalized spacial score (nSPS) is 16.1. The Kier molecular flexibility index (Phi) is 5.56. The summed E-state index contributed by atoms with van der Waals surface area (Å²) in [4.78, 5) is 26.7. The minimum absolute atomic E-state index is 0.243. The monoisotopic (exact) mass is 445 g/mol. The Balaban J connectivity index is 1.22. The van der Waals surface area contributed by atoms with Gasteiger partial charge in [0, 0.05) is 0 Å². The number of benzene rings is 3. The number of thioether (sulfide) groups is 1. The van der Waals surface area contributed by atoms with E-state index in [1.807, 2.05) is 72.8 Å². The van der Waals surface area contributed by atoms with E-state index in [1.165, 1.54) is 4.90 Å². The second-order valence-electron chi connectivity index (χ2n) is 7.30. The van der Waals surface area contributed by atoms with Gasteiger partial charge in [0.25, 0.3) is 11.1 Å². The molecule has 0 bridgehead atoms. The third-order valence-electron chi connectivity index (χ3n) is 5.08. The number of rotatable bonds is 6. The molecule has 160 valence electrons. The summed E-state index contributed by atoms with van der Waals surface area (Å²) >= 11 is 0.963. The number of carbonyl (C=O) groups excluding carboxylic acids is 2. The molecule has 2 heterocycles. The van der Waals surface area contributed by atoms with E-state index >= 15 is 0 Å². The molecule has 0 saturated carbocycles. The molecule has 7 heteroatoms. The molecular weight excluding hydrogens is 426 g/mol. The first kappa shape index (κ1) is 20.2. The Morgan fingerprint density at radius 2 is 1.69 bits per heavy atom. The molecule has 0 N–H and O–H groups in total. The van der Waals surface area contributed by atoms with Gasteiger partial charge >= 0.3 is 0 Å². The molecule has 32 heavy (non-hydrogen) atoms. The first-order valence-corrected chi connectivity index (χ1v) is 10.9. The predicted octanol–water partition coefficient (Wildman–Crippen LogP) is 5.23. The minimum Gasteiger partial charge on any atom is -0.489 e. The van der Waals surface area contributed by atoms with Gasteiger partial charge in [0.15, 0.2) is 11.5 Å². The topological polar surface area (TPSA) is 65.1 Å². The number of fused-ring (bicyclic) bond motifs is 1. The number of hydrogen-bond donors (Lipinski definition) is 0. The number of carbonyl (C=O) groups is 2. The Bertz CT molecular complexity index is 1190. The van der Waals surface area contributed by atoms with Crippen molar-refractivity contribution >= 4 is 29.0 Å². The van der Waals surface area contributed by atoms with Crippen molar-refractivity contribution in [3.63, 3.8) is 0 Å². The zero-order valence-corrected chi connectivity index (χ0v) is 17.8. The van der Waals surface area contributed by atoms with Gasteiger partial charge in [-0.2, -0.15) is 0 Å². The van der Waals surface area contributed by atoms with Crippen molar-refractivity contribution in [2.45, 2.75) is 13.2 Å². The average molecular weight is 445 g/mol. The molecular formula is C25H19NO5S. The molecule has 3 aromatic rings. The van der Waals surface area contributed by atoms with Gasteiger partial charge < -0.3 is 14.2 Å². The van der Waals surface area contributed by atoms with E-state index in [1.54, 1.807) is 6.08 Å². The lowest BCUT2D eigenvalue weighted by atomic mass is 10.2. The Morgan fingerprint density at radius 1 is 0.906 bits per heavy atom. The third-order valence-corrected chi connectivity index (χ3v) is 5.98. The second-order valence-corrected chi connectivity index (χ2v) is 8.29. The van der Waals surface area contributed by atoms with E-state index in [-0.39, 0.29) is 24.5 Å². The maximum absolute atomic E-state index is 12.7. The van der Waals surface area contributed by atoms with Crippen molar-refractivity contribution in [2.24, 2.45) is 0 Å². The smallest absolute Gasteiger partial charge is 0.293 e. The van der Waals surface area contributed by atoms with Crippen LogP contribution in [0.2, 0.25) is 0 Å². The maximum Gasteiger partial charge on any atom is 0.293 e. The molecule has 1 fully saturated rings. The summed E-state index contributed by atoms with van der Waals surface area (Å²) in [6, 6.07) is 22.6. The number of amides is 2. The quantitative estimate of drug-likeness (QED) is 0.484. The molecule has 0 unspecified atom stereocenters. The van der Waals surface area contributed by atoms with Crippen LogP contribution in [0.15, 0.2) is 77.7 Å². The van der Waals surface area contributed by atoms with E-state index < -0.39 is 0 Å². The van der Waals surface area contributed by atoms with Gasteiger partial charge in [-0.3, -0.25) is 14.5 Å². The highest BCUT2D eigenvalue weighted by molar-refractivity contribution is 8.18. The van der Waals surface area contributed by atoms with Crippen molar-refractivity contribution < 1.29 is 23.8 Å². The van der Waals surface area contributed by atoms with Gasteiger partial charge in [-0.1, -0.05) is 48.5 Å². The van der Waals surface area contributed by atoms with Gasteiger partial charge in [-0.15, -0.1) is 0 Å². The van der Waals surface area contributed by atoms with Gasteiger partial charge in [-0.05, 0) is 58.8 Å². The predicted molar refractivity (Wildman–Crippen MR) is 121 cm³/mol. The summed E-state index contributed by atoms with van der Waals surface area (Å²) in [5.74, 6) is 1.90. The number of nitrogens with zero attached hydrogens (tertiary/aromatic N) is 1. The first-order valence-electron chi connectivity index (χ1n) is 10.1. The highest BCUT2D eigenvalue weighted by Crippen LogP contribution is 2.34. The molecule has 6 nitrogen and oxygen atoms in total. The van der Waals surface area contributed by atoms with Crippen molar-refractivity contribution in [1.29, 1.82) is 0 Å². The number of imide groups is 1. The van der Waals surface area contributed by atoms with E-state index in [0.717, 1.165) is 40.0 Å². The van der Waals surface area contributed by atoms with Crippen LogP contribution < -0.4 is 14.2 Å². The minimum atomic E-state index is -0.271. The molecule has 2 aliphatic rings. The van der Waals surface area contributed by atoms with Crippen molar-refractivity contribution in [3.8, 4) is 17.2 Å². The van der Waals surface area contributed by atoms with Crippen LogP contribution in [0.1, 0.15) is 16.7 Å². The highest BCUT2D eigenvalue weighted by atomic mass is 32.2. The molecule has 0 spiro atoms. The average Bonchev–Trinajstić information content (AvgIpc) is 3.39. The van der Waals surface area contributed by atoms with E-state index in [4.69, 9.17) is 14.2 Å². The van der Waals surface area contributed by atoms with Crippen LogP contribution in [-0.4, -0.2) is 22.8 Å². The van der Waals surface area contributed by atoms with Crippen LogP contribution >= 0.6 is 11.8 Å². The molecule has 0 atom stereocenters. The van der Waals surface area contributed by atoms with Crippen LogP contribution in [0, 0.1) is 0 Å². The van der Waals surface area contributed by atoms with Crippen LogP contribution in [-0.2, 0) is 17.9 Å². The first-order chi connectivity index (χ1) is 15.7. The highest BCUT2D eigenvalue weighted by Gasteiger charge is 2.34. The Morgan fingerprint density at radius 3 is 2.50 bits per heavy atom. The Labute approximate surface area is 189 Å². The molecule has 5 rings (SSSR count). The summed E-state index contributed by atoms with van der Waals surface area (Å²) in [5.41, 5.74) is 2.72. The largest absolute Gasteiger partial charge is 0.489 e. The number of ether oxygens (including phenoxy) is 3. The van der Waals surface area contributed by atoms with Gasteiger partial charge in [0.05, 0.1) is 11.4 Å². The fraction of sp³-hybridized carbons (Fsp3) is 0.120. The molecule has 3 aromatic carbocycles.